The Morgan fingerprint density at radius 3 is 2.10 bits per heavy atom. The summed E-state index contributed by atoms with van der Waals surface area (Å²) in [4.78, 5) is 0. The molecule has 0 aliphatic carbocycles. The van der Waals surface area contributed by atoms with Crippen LogP contribution in [0.2, 0.25) is 0 Å². The Labute approximate surface area is 127 Å². The summed E-state index contributed by atoms with van der Waals surface area (Å²) in [6, 6.07) is 15.9. The second kappa shape index (κ2) is 7.37. The Bertz CT molecular complexity index is 562. The van der Waals surface area contributed by atoms with Crippen LogP contribution in [0.4, 0.5) is 4.39 Å². The van der Waals surface area contributed by atoms with Crippen molar-refractivity contribution in [1.82, 2.24) is 5.32 Å². The molecule has 2 aromatic rings. The van der Waals surface area contributed by atoms with E-state index in [2.05, 4.69) is 50.4 Å². The Kier molecular flexibility index (Phi) is 5.51. The molecular weight excluding hydrogens is 261 g/mol. The van der Waals surface area contributed by atoms with Crippen LogP contribution in [0.5, 0.6) is 0 Å². The average molecular weight is 285 g/mol. The quantitative estimate of drug-likeness (QED) is 0.756. The largest absolute Gasteiger partial charge is 0.303 e. The molecule has 0 aromatic heterocycles. The number of rotatable bonds is 6. The van der Waals surface area contributed by atoms with Gasteiger partial charge in [0.15, 0.2) is 0 Å². The molecule has 112 valence electrons. The minimum Gasteiger partial charge on any atom is -0.303 e. The predicted octanol–water partition coefficient (Wildman–Crippen LogP) is 5.33. The Balaban J connectivity index is 2.19. The topological polar surface area (TPSA) is 12.0 Å². The third-order valence-electron chi connectivity index (χ3n) is 3.98. The Hall–Kier alpha value is -1.67. The first kappa shape index (κ1) is 15.7. The monoisotopic (exact) mass is 285 g/mol. The van der Waals surface area contributed by atoms with Crippen molar-refractivity contribution >= 4 is 0 Å². The molecule has 1 N–H and O–H groups in total. The van der Waals surface area contributed by atoms with E-state index in [4.69, 9.17) is 0 Å². The molecule has 0 fully saturated rings. The van der Waals surface area contributed by atoms with Gasteiger partial charge in [0.05, 0.1) is 0 Å². The van der Waals surface area contributed by atoms with Gasteiger partial charge in [0, 0.05) is 17.6 Å². The fraction of sp³-hybridized carbons (Fsp3) is 0.368. The standard InChI is InChI=1S/C19H24FN/c1-4-18(15-12-10-14(3)11-13-15)21-19(5-2)16-8-6-7-9-17(16)20/h6-13,18-19,21H,4-5H2,1-3H3. The number of hydrogen-bond donors (Lipinski definition) is 1. The van der Waals surface area contributed by atoms with E-state index in [0.717, 1.165) is 18.4 Å². The number of benzene rings is 2. The molecule has 0 bridgehead atoms. The van der Waals surface area contributed by atoms with E-state index >= 15 is 0 Å². The number of halogens is 1. The van der Waals surface area contributed by atoms with Crippen molar-refractivity contribution in [2.24, 2.45) is 0 Å². The molecule has 2 heteroatoms. The van der Waals surface area contributed by atoms with Gasteiger partial charge >= 0.3 is 0 Å². The molecular formula is C19H24FN. The van der Waals surface area contributed by atoms with E-state index in [9.17, 15) is 4.39 Å². The normalized spacial score (nSPS) is 13.9. The summed E-state index contributed by atoms with van der Waals surface area (Å²) in [6.45, 7) is 6.34. The Morgan fingerprint density at radius 1 is 0.905 bits per heavy atom. The molecule has 0 radical (unpaired) electrons. The molecule has 2 aromatic carbocycles. The van der Waals surface area contributed by atoms with Gasteiger partial charge in [-0.25, -0.2) is 4.39 Å². The zero-order chi connectivity index (χ0) is 15.2. The smallest absolute Gasteiger partial charge is 0.127 e. The highest BCUT2D eigenvalue weighted by Gasteiger charge is 2.18. The first-order chi connectivity index (χ1) is 10.2. The third kappa shape index (κ3) is 3.92. The van der Waals surface area contributed by atoms with E-state index < -0.39 is 0 Å². The fourth-order valence-electron chi connectivity index (χ4n) is 2.68. The lowest BCUT2D eigenvalue weighted by atomic mass is 9.98. The molecule has 2 rings (SSSR count). The zero-order valence-electron chi connectivity index (χ0n) is 13.1. The van der Waals surface area contributed by atoms with Gasteiger partial charge in [-0.2, -0.15) is 0 Å². The highest BCUT2D eigenvalue weighted by molar-refractivity contribution is 5.26. The van der Waals surface area contributed by atoms with Crippen molar-refractivity contribution in [2.45, 2.75) is 45.7 Å². The molecule has 0 aliphatic heterocycles. The lowest BCUT2D eigenvalue weighted by molar-refractivity contribution is 0.413. The summed E-state index contributed by atoms with van der Waals surface area (Å²) in [6.07, 6.45) is 1.84. The van der Waals surface area contributed by atoms with Crippen molar-refractivity contribution < 1.29 is 4.39 Å². The van der Waals surface area contributed by atoms with Crippen LogP contribution in [0.1, 0.15) is 55.5 Å². The highest BCUT2D eigenvalue weighted by atomic mass is 19.1. The minimum absolute atomic E-state index is 0.0393. The Morgan fingerprint density at radius 2 is 1.52 bits per heavy atom. The van der Waals surface area contributed by atoms with Crippen molar-refractivity contribution in [3.05, 3.63) is 71.0 Å². The summed E-state index contributed by atoms with van der Waals surface area (Å²) >= 11 is 0. The number of aryl methyl sites for hydroxylation is 1. The molecule has 0 heterocycles. The molecule has 2 atom stereocenters. The fourth-order valence-corrected chi connectivity index (χ4v) is 2.68. The van der Waals surface area contributed by atoms with Gasteiger partial charge in [-0.05, 0) is 31.4 Å². The van der Waals surface area contributed by atoms with Crippen LogP contribution in [-0.2, 0) is 0 Å². The van der Waals surface area contributed by atoms with Gasteiger partial charge in [0.25, 0.3) is 0 Å². The van der Waals surface area contributed by atoms with E-state index in [0.29, 0.717) is 0 Å². The van der Waals surface area contributed by atoms with Crippen LogP contribution >= 0.6 is 0 Å². The van der Waals surface area contributed by atoms with Gasteiger partial charge in [0.2, 0.25) is 0 Å². The summed E-state index contributed by atoms with van der Waals surface area (Å²) in [5, 5.41) is 3.61. The molecule has 0 amide bonds. The van der Waals surface area contributed by atoms with E-state index in [-0.39, 0.29) is 17.9 Å². The maximum Gasteiger partial charge on any atom is 0.127 e. The van der Waals surface area contributed by atoms with Crippen molar-refractivity contribution in [3.8, 4) is 0 Å². The second-order valence-electron chi connectivity index (χ2n) is 5.52. The summed E-state index contributed by atoms with van der Waals surface area (Å²) in [5.74, 6) is -0.129. The van der Waals surface area contributed by atoms with Gasteiger partial charge in [-0.3, -0.25) is 0 Å². The molecule has 0 saturated carbocycles. The van der Waals surface area contributed by atoms with Crippen LogP contribution in [-0.4, -0.2) is 0 Å². The molecule has 1 nitrogen and oxygen atoms in total. The van der Waals surface area contributed by atoms with Crippen LogP contribution in [0.15, 0.2) is 48.5 Å². The first-order valence-electron chi connectivity index (χ1n) is 7.72. The highest BCUT2D eigenvalue weighted by Crippen LogP contribution is 2.26. The van der Waals surface area contributed by atoms with Gasteiger partial charge in [0.1, 0.15) is 5.82 Å². The second-order valence-corrected chi connectivity index (χ2v) is 5.52. The molecule has 0 aliphatic rings. The first-order valence-corrected chi connectivity index (χ1v) is 7.72. The zero-order valence-corrected chi connectivity index (χ0v) is 13.1. The maximum absolute atomic E-state index is 14.0. The predicted molar refractivity (Wildman–Crippen MR) is 86.8 cm³/mol. The SMILES string of the molecule is CCC(NC(CC)c1ccccc1F)c1ccc(C)cc1. The summed E-state index contributed by atoms with van der Waals surface area (Å²) in [7, 11) is 0. The van der Waals surface area contributed by atoms with Gasteiger partial charge < -0.3 is 5.32 Å². The molecule has 21 heavy (non-hydrogen) atoms. The van der Waals surface area contributed by atoms with Crippen molar-refractivity contribution in [2.75, 3.05) is 0 Å². The summed E-state index contributed by atoms with van der Waals surface area (Å²) in [5.41, 5.74) is 3.28. The van der Waals surface area contributed by atoms with Crippen LogP contribution < -0.4 is 5.32 Å². The van der Waals surface area contributed by atoms with E-state index in [1.807, 2.05) is 12.1 Å². The van der Waals surface area contributed by atoms with Crippen LogP contribution in [0, 0.1) is 12.7 Å². The average Bonchev–Trinajstić information content (AvgIpc) is 2.51. The van der Waals surface area contributed by atoms with Crippen LogP contribution in [0.3, 0.4) is 0 Å². The van der Waals surface area contributed by atoms with E-state index in [1.165, 1.54) is 17.2 Å². The third-order valence-corrected chi connectivity index (χ3v) is 3.98. The lowest BCUT2D eigenvalue weighted by Crippen LogP contribution is -2.26. The van der Waals surface area contributed by atoms with Crippen molar-refractivity contribution in [1.29, 1.82) is 0 Å². The van der Waals surface area contributed by atoms with Gasteiger partial charge in [-0.1, -0.05) is 61.9 Å². The number of nitrogens with one attached hydrogen (secondary N) is 1. The molecule has 0 saturated heterocycles. The summed E-state index contributed by atoms with van der Waals surface area (Å²) < 4.78 is 14.0. The minimum atomic E-state index is -0.129. The van der Waals surface area contributed by atoms with Crippen LogP contribution in [0.25, 0.3) is 0 Å². The van der Waals surface area contributed by atoms with Gasteiger partial charge in [-0.15, -0.1) is 0 Å². The molecule has 2 unspecified atom stereocenters. The van der Waals surface area contributed by atoms with Crippen molar-refractivity contribution in [3.63, 3.8) is 0 Å². The number of hydrogen-bond acceptors (Lipinski definition) is 1. The van der Waals surface area contributed by atoms with E-state index in [1.54, 1.807) is 6.07 Å². The molecule has 0 spiro atoms. The lowest BCUT2D eigenvalue weighted by Gasteiger charge is -2.25. The maximum atomic E-state index is 14.0.